The number of carbonyl (C=O) groups excluding carboxylic acids is 2. The van der Waals surface area contributed by atoms with Crippen LogP contribution in [0, 0.1) is 17.5 Å². The summed E-state index contributed by atoms with van der Waals surface area (Å²) in [6.07, 6.45) is 2.10. The minimum Gasteiger partial charge on any atom is -0.454 e. The monoisotopic (exact) mass is 447 g/mol. The van der Waals surface area contributed by atoms with Crippen molar-refractivity contribution in [3.05, 3.63) is 88.0 Å². The second-order valence-corrected chi connectivity index (χ2v) is 6.93. The van der Waals surface area contributed by atoms with E-state index in [1.807, 2.05) is 0 Å². The molecule has 0 spiro atoms. The third-order valence-corrected chi connectivity index (χ3v) is 4.52. The molecule has 1 N–H and O–H groups in total. The molecule has 3 rings (SSSR count). The zero-order chi connectivity index (χ0) is 23.3. The Morgan fingerprint density at radius 2 is 1.84 bits per heavy atom. The predicted octanol–water partition coefficient (Wildman–Crippen LogP) is 3.40. The second kappa shape index (κ2) is 9.99. The van der Waals surface area contributed by atoms with Gasteiger partial charge in [-0.3, -0.25) is 14.4 Å². The fraction of sp³-hybridized carbons (Fsp3) is 0.227. The van der Waals surface area contributed by atoms with E-state index in [0.29, 0.717) is 18.2 Å². The van der Waals surface area contributed by atoms with Crippen molar-refractivity contribution >= 4 is 17.5 Å². The van der Waals surface area contributed by atoms with Crippen LogP contribution in [0.15, 0.2) is 57.9 Å². The van der Waals surface area contributed by atoms with Gasteiger partial charge >= 0.3 is 0 Å². The molecule has 0 aliphatic rings. The summed E-state index contributed by atoms with van der Waals surface area (Å²) in [6.45, 7) is 1.65. The molecule has 0 radical (unpaired) electrons. The van der Waals surface area contributed by atoms with Crippen molar-refractivity contribution in [1.29, 1.82) is 0 Å². The second-order valence-electron chi connectivity index (χ2n) is 6.93. The SMILES string of the molecule is CCCN(CC(=O)Nc1ccc(F)c(F)c1F)C(=O)c1ccc(Cn2ccccc2=O)o1. The number of furan rings is 1. The van der Waals surface area contributed by atoms with Gasteiger partial charge in [0.2, 0.25) is 5.91 Å². The van der Waals surface area contributed by atoms with Crippen LogP contribution < -0.4 is 10.9 Å². The molecule has 2 aromatic heterocycles. The van der Waals surface area contributed by atoms with E-state index < -0.39 is 41.5 Å². The molecule has 3 aromatic rings. The van der Waals surface area contributed by atoms with E-state index in [-0.39, 0.29) is 24.4 Å². The average molecular weight is 447 g/mol. The standard InChI is InChI=1S/C22H20F3N3O4/c1-2-10-28(13-18(29)26-16-8-7-15(23)20(24)21(16)25)22(31)17-9-6-14(32-17)12-27-11-4-3-5-19(27)30/h3-9,11H,2,10,12-13H2,1H3,(H,26,29). The Morgan fingerprint density at radius 3 is 2.56 bits per heavy atom. The third kappa shape index (κ3) is 5.26. The lowest BCUT2D eigenvalue weighted by Gasteiger charge is -2.20. The van der Waals surface area contributed by atoms with Crippen molar-refractivity contribution in [3.63, 3.8) is 0 Å². The van der Waals surface area contributed by atoms with Crippen molar-refractivity contribution in [2.45, 2.75) is 19.9 Å². The highest BCUT2D eigenvalue weighted by Crippen LogP contribution is 2.20. The number of pyridine rings is 1. The zero-order valence-corrected chi connectivity index (χ0v) is 17.1. The number of hydrogen-bond donors (Lipinski definition) is 1. The predicted molar refractivity (Wildman–Crippen MR) is 110 cm³/mol. The summed E-state index contributed by atoms with van der Waals surface area (Å²) in [5.74, 6) is -5.66. The van der Waals surface area contributed by atoms with Crippen molar-refractivity contribution in [3.8, 4) is 0 Å². The van der Waals surface area contributed by atoms with E-state index in [4.69, 9.17) is 4.42 Å². The number of carbonyl (C=O) groups is 2. The minimum absolute atomic E-state index is 0.0377. The highest BCUT2D eigenvalue weighted by Gasteiger charge is 2.23. The summed E-state index contributed by atoms with van der Waals surface area (Å²) in [7, 11) is 0. The maximum Gasteiger partial charge on any atom is 0.290 e. The topological polar surface area (TPSA) is 84.5 Å². The van der Waals surface area contributed by atoms with Gasteiger partial charge in [0, 0.05) is 18.8 Å². The van der Waals surface area contributed by atoms with Crippen LogP contribution in [-0.4, -0.2) is 34.4 Å². The van der Waals surface area contributed by atoms with Gasteiger partial charge in [-0.15, -0.1) is 0 Å². The number of hydrogen-bond acceptors (Lipinski definition) is 4. The van der Waals surface area contributed by atoms with E-state index in [1.54, 1.807) is 31.3 Å². The summed E-state index contributed by atoms with van der Waals surface area (Å²) in [5, 5.41) is 2.13. The number of amides is 2. The van der Waals surface area contributed by atoms with Crippen LogP contribution in [0.3, 0.4) is 0 Å². The van der Waals surface area contributed by atoms with Gasteiger partial charge in [-0.25, -0.2) is 13.2 Å². The number of halogens is 3. The van der Waals surface area contributed by atoms with Crippen LogP contribution in [0.1, 0.15) is 29.7 Å². The fourth-order valence-corrected chi connectivity index (χ4v) is 3.00. The highest BCUT2D eigenvalue weighted by molar-refractivity contribution is 5.98. The first-order chi connectivity index (χ1) is 15.3. The van der Waals surface area contributed by atoms with Crippen molar-refractivity contribution in [2.24, 2.45) is 0 Å². The number of benzene rings is 1. The first kappa shape index (κ1) is 22.9. The van der Waals surface area contributed by atoms with E-state index in [9.17, 15) is 27.6 Å². The van der Waals surface area contributed by atoms with Crippen molar-refractivity contribution in [1.82, 2.24) is 9.47 Å². The number of rotatable bonds is 8. The maximum absolute atomic E-state index is 13.8. The lowest BCUT2D eigenvalue weighted by Crippen LogP contribution is -2.38. The molecular weight excluding hydrogens is 427 g/mol. The molecule has 0 fully saturated rings. The lowest BCUT2D eigenvalue weighted by molar-refractivity contribution is -0.116. The Labute approximate surface area is 181 Å². The van der Waals surface area contributed by atoms with Crippen LogP contribution in [-0.2, 0) is 11.3 Å². The number of aromatic nitrogens is 1. The van der Waals surface area contributed by atoms with Crippen LogP contribution in [0.5, 0.6) is 0 Å². The van der Waals surface area contributed by atoms with Crippen LogP contribution in [0.2, 0.25) is 0 Å². The van der Waals surface area contributed by atoms with Crippen LogP contribution in [0.4, 0.5) is 18.9 Å². The fourth-order valence-electron chi connectivity index (χ4n) is 3.00. The zero-order valence-electron chi connectivity index (χ0n) is 17.1. The molecule has 32 heavy (non-hydrogen) atoms. The molecule has 0 unspecified atom stereocenters. The lowest BCUT2D eigenvalue weighted by atomic mass is 10.2. The summed E-state index contributed by atoms with van der Waals surface area (Å²) in [4.78, 5) is 38.1. The molecule has 0 bridgehead atoms. The Kier molecular flexibility index (Phi) is 7.14. The Bertz CT molecular complexity index is 1190. The summed E-state index contributed by atoms with van der Waals surface area (Å²) >= 11 is 0. The molecule has 2 heterocycles. The Balaban J connectivity index is 1.70. The average Bonchev–Trinajstić information content (AvgIpc) is 3.23. The maximum atomic E-state index is 13.8. The van der Waals surface area contributed by atoms with Gasteiger partial charge in [0.05, 0.1) is 12.2 Å². The molecule has 0 saturated carbocycles. The summed E-state index contributed by atoms with van der Waals surface area (Å²) in [5.41, 5.74) is -0.767. The minimum atomic E-state index is -1.70. The number of nitrogens with zero attached hydrogens (tertiary/aromatic N) is 2. The molecule has 0 aliphatic carbocycles. The molecule has 0 aliphatic heterocycles. The van der Waals surface area contributed by atoms with Crippen LogP contribution >= 0.6 is 0 Å². The van der Waals surface area contributed by atoms with Crippen LogP contribution in [0.25, 0.3) is 0 Å². The van der Waals surface area contributed by atoms with Gasteiger partial charge in [-0.05, 0) is 36.8 Å². The summed E-state index contributed by atoms with van der Waals surface area (Å²) in [6, 6.07) is 9.25. The van der Waals surface area contributed by atoms with Gasteiger partial charge in [-0.1, -0.05) is 13.0 Å². The first-order valence-corrected chi connectivity index (χ1v) is 9.77. The van der Waals surface area contributed by atoms with Gasteiger partial charge in [0.1, 0.15) is 12.3 Å². The van der Waals surface area contributed by atoms with E-state index in [1.165, 1.54) is 21.6 Å². The largest absolute Gasteiger partial charge is 0.454 e. The van der Waals surface area contributed by atoms with Crippen molar-refractivity contribution in [2.75, 3.05) is 18.4 Å². The Hall–Kier alpha value is -3.82. The number of anilines is 1. The third-order valence-electron chi connectivity index (χ3n) is 4.52. The van der Waals surface area contributed by atoms with E-state index in [2.05, 4.69) is 5.32 Å². The van der Waals surface area contributed by atoms with Gasteiger partial charge in [0.15, 0.2) is 23.2 Å². The molecule has 168 valence electrons. The molecule has 10 heteroatoms. The van der Waals surface area contributed by atoms with E-state index >= 15 is 0 Å². The van der Waals surface area contributed by atoms with E-state index in [0.717, 1.165) is 6.07 Å². The molecular formula is C22H20F3N3O4. The smallest absolute Gasteiger partial charge is 0.290 e. The quantitative estimate of drug-likeness (QED) is 0.537. The highest BCUT2D eigenvalue weighted by atomic mass is 19.2. The molecule has 0 atom stereocenters. The molecule has 2 amide bonds. The van der Waals surface area contributed by atoms with Gasteiger partial charge < -0.3 is 19.2 Å². The number of nitrogens with one attached hydrogen (secondary N) is 1. The Morgan fingerprint density at radius 1 is 1.06 bits per heavy atom. The first-order valence-electron chi connectivity index (χ1n) is 9.77. The van der Waals surface area contributed by atoms with Crippen molar-refractivity contribution < 1.29 is 27.2 Å². The molecule has 0 saturated heterocycles. The normalized spacial score (nSPS) is 10.8. The molecule has 1 aromatic carbocycles. The van der Waals surface area contributed by atoms with Gasteiger partial charge in [0.25, 0.3) is 11.5 Å². The summed E-state index contributed by atoms with van der Waals surface area (Å²) < 4.78 is 47.2. The molecule has 7 nitrogen and oxygen atoms in total. The van der Waals surface area contributed by atoms with Gasteiger partial charge in [-0.2, -0.15) is 0 Å².